The lowest BCUT2D eigenvalue weighted by molar-refractivity contribution is -0.384. The summed E-state index contributed by atoms with van der Waals surface area (Å²) in [5, 5.41) is 14.6. The van der Waals surface area contributed by atoms with Crippen LogP contribution in [0.25, 0.3) is 0 Å². The van der Waals surface area contributed by atoms with Crippen LogP contribution in [0.4, 0.5) is 5.69 Å². The predicted octanol–water partition coefficient (Wildman–Crippen LogP) is 3.35. The van der Waals surface area contributed by atoms with Crippen molar-refractivity contribution in [3.05, 3.63) is 62.5 Å². The molecule has 11 heteroatoms. The first-order chi connectivity index (χ1) is 17.3. The summed E-state index contributed by atoms with van der Waals surface area (Å²) in [5.74, 6) is -2.45. The molecule has 1 atom stereocenters. The van der Waals surface area contributed by atoms with Gasteiger partial charge >= 0.3 is 11.9 Å². The number of nitro groups is 1. The quantitative estimate of drug-likeness (QED) is 0.132. The molecule has 0 aliphatic carbocycles. The van der Waals surface area contributed by atoms with E-state index in [0.29, 0.717) is 17.9 Å². The van der Waals surface area contributed by atoms with Crippen LogP contribution in [0.3, 0.4) is 0 Å². The number of allylic oxidation sites excluding steroid dienone is 1. The highest BCUT2D eigenvalue weighted by molar-refractivity contribution is 6.00. The fourth-order valence-electron chi connectivity index (χ4n) is 3.83. The summed E-state index contributed by atoms with van der Waals surface area (Å²) in [6.45, 7) is 9.98. The third kappa shape index (κ3) is 7.12. The maximum Gasteiger partial charge on any atom is 0.336 e. The van der Waals surface area contributed by atoms with Gasteiger partial charge in [0.2, 0.25) is 0 Å². The van der Waals surface area contributed by atoms with E-state index in [9.17, 15) is 19.7 Å². The average molecular weight is 507 g/mol. The SMILES string of the molecule is CCOCCOC(=O)C1=C(C)NC(C(OCC)OCC)=C(C(=O)OCC)C1c1cccc([N+](=O)[O-])c1. The minimum atomic E-state index is -1.04. The Morgan fingerprint density at radius 2 is 1.64 bits per heavy atom. The average Bonchev–Trinajstić information content (AvgIpc) is 2.85. The molecule has 0 saturated carbocycles. The molecule has 1 N–H and O–H groups in total. The number of carbonyl (C=O) groups is 2. The molecule has 1 aliphatic heterocycles. The van der Waals surface area contributed by atoms with E-state index in [4.69, 9.17) is 23.7 Å². The molecule has 0 radical (unpaired) electrons. The second-order valence-corrected chi connectivity index (χ2v) is 7.57. The molecule has 0 fully saturated rings. The number of nitrogens with one attached hydrogen (secondary N) is 1. The van der Waals surface area contributed by atoms with Gasteiger partial charge in [0.05, 0.1) is 40.9 Å². The van der Waals surface area contributed by atoms with E-state index < -0.39 is 29.1 Å². The van der Waals surface area contributed by atoms with Crippen LogP contribution in [0.2, 0.25) is 0 Å². The van der Waals surface area contributed by atoms with Gasteiger partial charge in [-0.3, -0.25) is 10.1 Å². The summed E-state index contributed by atoms with van der Waals surface area (Å²) in [4.78, 5) is 37.6. The highest BCUT2D eigenvalue weighted by atomic mass is 16.7. The Bertz CT molecular complexity index is 997. The molecule has 0 spiro atoms. The van der Waals surface area contributed by atoms with Gasteiger partial charge in [-0.15, -0.1) is 0 Å². The molecule has 11 nitrogen and oxygen atoms in total. The van der Waals surface area contributed by atoms with Crippen LogP contribution in [0.15, 0.2) is 46.8 Å². The largest absolute Gasteiger partial charge is 0.463 e. The van der Waals surface area contributed by atoms with E-state index in [1.165, 1.54) is 18.2 Å². The number of hydrogen-bond donors (Lipinski definition) is 1. The van der Waals surface area contributed by atoms with Crippen molar-refractivity contribution in [1.82, 2.24) is 5.32 Å². The van der Waals surface area contributed by atoms with Crippen molar-refractivity contribution in [3.8, 4) is 0 Å². The molecule has 1 unspecified atom stereocenters. The first kappa shape index (κ1) is 29.0. The van der Waals surface area contributed by atoms with Crippen LogP contribution >= 0.6 is 0 Å². The number of rotatable bonds is 14. The minimum Gasteiger partial charge on any atom is -0.463 e. The maximum absolute atomic E-state index is 13.3. The monoisotopic (exact) mass is 506 g/mol. The van der Waals surface area contributed by atoms with E-state index in [-0.39, 0.29) is 55.6 Å². The molecule has 0 bridgehead atoms. The Labute approximate surface area is 210 Å². The van der Waals surface area contributed by atoms with E-state index in [1.54, 1.807) is 33.8 Å². The lowest BCUT2D eigenvalue weighted by Gasteiger charge is -2.34. The fraction of sp³-hybridized carbons (Fsp3) is 0.520. The van der Waals surface area contributed by atoms with Crippen LogP contribution in [0.5, 0.6) is 0 Å². The first-order valence-corrected chi connectivity index (χ1v) is 11.9. The Morgan fingerprint density at radius 1 is 0.972 bits per heavy atom. The summed E-state index contributed by atoms with van der Waals surface area (Å²) in [7, 11) is 0. The van der Waals surface area contributed by atoms with Crippen molar-refractivity contribution in [3.63, 3.8) is 0 Å². The van der Waals surface area contributed by atoms with Gasteiger partial charge in [-0.2, -0.15) is 0 Å². The second-order valence-electron chi connectivity index (χ2n) is 7.57. The fourth-order valence-corrected chi connectivity index (χ4v) is 3.83. The predicted molar refractivity (Wildman–Crippen MR) is 130 cm³/mol. The van der Waals surface area contributed by atoms with Gasteiger partial charge in [-0.25, -0.2) is 9.59 Å². The minimum absolute atomic E-state index is 0.00304. The standard InChI is InChI=1S/C25H34N2O9/c1-6-32-13-14-36-23(28)19-16(5)26-22(25(34-8-3)35-9-4)21(24(29)33-7-2)20(19)17-11-10-12-18(15-17)27(30)31/h10-12,15,20,25-26H,6-9,13-14H2,1-5H3. The number of hydrogen-bond acceptors (Lipinski definition) is 10. The number of nitro benzene ring substituents is 1. The summed E-state index contributed by atoms with van der Waals surface area (Å²) < 4.78 is 27.5. The first-order valence-electron chi connectivity index (χ1n) is 11.9. The van der Waals surface area contributed by atoms with Crippen LogP contribution in [-0.4, -0.2) is 62.8 Å². The molecule has 0 amide bonds. The summed E-state index contributed by atoms with van der Waals surface area (Å²) >= 11 is 0. The number of carbonyl (C=O) groups excluding carboxylic acids is 2. The van der Waals surface area contributed by atoms with Gasteiger partial charge in [-0.05, 0) is 40.2 Å². The molecule has 0 saturated heterocycles. The zero-order valence-corrected chi connectivity index (χ0v) is 21.3. The summed E-state index contributed by atoms with van der Waals surface area (Å²) in [6, 6.07) is 5.76. The lowest BCUT2D eigenvalue weighted by atomic mass is 9.80. The Balaban J connectivity index is 2.74. The third-order valence-corrected chi connectivity index (χ3v) is 5.26. The van der Waals surface area contributed by atoms with Crippen LogP contribution in [0, 0.1) is 10.1 Å². The van der Waals surface area contributed by atoms with Gasteiger partial charge in [0, 0.05) is 37.7 Å². The van der Waals surface area contributed by atoms with Crippen molar-refractivity contribution in [2.24, 2.45) is 0 Å². The van der Waals surface area contributed by atoms with Crippen molar-refractivity contribution < 1.29 is 38.2 Å². The molecule has 0 aromatic heterocycles. The molecule has 2 rings (SSSR count). The number of nitrogens with zero attached hydrogens (tertiary/aromatic N) is 1. The highest BCUT2D eigenvalue weighted by Gasteiger charge is 2.41. The van der Waals surface area contributed by atoms with Crippen molar-refractivity contribution in [2.45, 2.75) is 46.8 Å². The van der Waals surface area contributed by atoms with E-state index >= 15 is 0 Å². The molecule has 1 aromatic carbocycles. The van der Waals surface area contributed by atoms with Crippen LogP contribution < -0.4 is 5.32 Å². The Hall–Kier alpha value is -3.28. The zero-order valence-electron chi connectivity index (χ0n) is 21.3. The molecule has 1 aromatic rings. The van der Waals surface area contributed by atoms with Crippen molar-refractivity contribution in [1.29, 1.82) is 0 Å². The summed E-state index contributed by atoms with van der Waals surface area (Å²) in [5.41, 5.74) is 0.965. The molecule has 36 heavy (non-hydrogen) atoms. The second kappa shape index (κ2) is 14.3. The number of benzene rings is 1. The number of esters is 2. The van der Waals surface area contributed by atoms with Crippen molar-refractivity contribution >= 4 is 17.6 Å². The van der Waals surface area contributed by atoms with Gasteiger partial charge in [0.1, 0.15) is 6.61 Å². The van der Waals surface area contributed by atoms with Gasteiger partial charge in [0.15, 0.2) is 6.29 Å². The lowest BCUT2D eigenvalue weighted by Crippen LogP contribution is -2.39. The van der Waals surface area contributed by atoms with Gasteiger partial charge < -0.3 is 29.0 Å². The van der Waals surface area contributed by atoms with Crippen LogP contribution in [-0.2, 0) is 33.3 Å². The molecule has 1 heterocycles. The molecular weight excluding hydrogens is 472 g/mol. The molecular formula is C25H34N2O9. The third-order valence-electron chi connectivity index (χ3n) is 5.26. The van der Waals surface area contributed by atoms with Gasteiger partial charge in [-0.1, -0.05) is 12.1 Å². The number of non-ortho nitro benzene ring substituents is 1. The normalized spacial score (nSPS) is 15.7. The summed E-state index contributed by atoms with van der Waals surface area (Å²) in [6.07, 6.45) is -0.967. The zero-order chi connectivity index (χ0) is 26.7. The number of ether oxygens (including phenoxy) is 5. The Morgan fingerprint density at radius 3 is 2.22 bits per heavy atom. The maximum atomic E-state index is 13.3. The van der Waals surface area contributed by atoms with E-state index in [0.717, 1.165) is 0 Å². The van der Waals surface area contributed by atoms with E-state index in [2.05, 4.69) is 5.32 Å². The molecule has 1 aliphatic rings. The smallest absolute Gasteiger partial charge is 0.336 e. The highest BCUT2D eigenvalue weighted by Crippen LogP contribution is 2.41. The Kier molecular flexibility index (Phi) is 11.5. The van der Waals surface area contributed by atoms with Crippen LogP contribution in [0.1, 0.15) is 46.1 Å². The topological polar surface area (TPSA) is 135 Å². The van der Waals surface area contributed by atoms with E-state index in [1.807, 2.05) is 6.92 Å². The number of dihydropyridines is 1. The van der Waals surface area contributed by atoms with Crippen molar-refractivity contribution in [2.75, 3.05) is 39.6 Å². The van der Waals surface area contributed by atoms with Gasteiger partial charge in [0.25, 0.3) is 5.69 Å². The molecule has 198 valence electrons.